The second-order valence-corrected chi connectivity index (χ2v) is 7.00. The van der Waals surface area contributed by atoms with Gasteiger partial charge in [0.15, 0.2) is 0 Å². The van der Waals surface area contributed by atoms with E-state index in [1.165, 1.54) is 51.5 Å². The van der Waals surface area contributed by atoms with E-state index in [1.54, 1.807) is 0 Å². The molecule has 2 atom stereocenters. The minimum atomic E-state index is 0.465. The summed E-state index contributed by atoms with van der Waals surface area (Å²) in [6, 6.07) is 0. The Bertz CT molecular complexity index is 228. The van der Waals surface area contributed by atoms with E-state index in [0.717, 1.165) is 6.54 Å². The fourth-order valence-corrected chi connectivity index (χ4v) is 4.09. The van der Waals surface area contributed by atoms with Crippen LogP contribution in [0.4, 0.5) is 0 Å². The van der Waals surface area contributed by atoms with Crippen LogP contribution in [0, 0.1) is 0 Å². The lowest BCUT2D eigenvalue weighted by molar-refractivity contribution is 0.0556. The molecule has 1 aliphatic carbocycles. The van der Waals surface area contributed by atoms with Crippen LogP contribution >= 0.6 is 11.8 Å². The highest BCUT2D eigenvalue weighted by atomic mass is 32.2. The van der Waals surface area contributed by atoms with Gasteiger partial charge < -0.3 is 10.1 Å². The van der Waals surface area contributed by atoms with Gasteiger partial charge in [0, 0.05) is 17.8 Å². The molecular weight excluding hydrogens is 230 g/mol. The van der Waals surface area contributed by atoms with E-state index >= 15 is 0 Å². The third-order valence-corrected chi connectivity index (χ3v) is 5.76. The first-order chi connectivity index (χ1) is 8.24. The molecule has 100 valence electrons. The zero-order valence-corrected chi connectivity index (χ0v) is 12.2. The van der Waals surface area contributed by atoms with Crippen LogP contribution in [0.3, 0.4) is 0 Å². The predicted octanol–water partition coefficient (Wildman–Crippen LogP) is 3.21. The molecule has 2 aliphatic rings. The number of rotatable bonds is 5. The summed E-state index contributed by atoms with van der Waals surface area (Å²) in [6.07, 6.45) is 12.7. The Morgan fingerprint density at radius 3 is 2.59 bits per heavy atom. The van der Waals surface area contributed by atoms with Crippen molar-refractivity contribution in [1.82, 2.24) is 5.32 Å². The number of hydrogen-bond acceptors (Lipinski definition) is 3. The summed E-state index contributed by atoms with van der Waals surface area (Å²) in [5.41, 5.74) is 0. The van der Waals surface area contributed by atoms with Gasteiger partial charge in [-0.1, -0.05) is 19.3 Å². The van der Waals surface area contributed by atoms with Gasteiger partial charge in [-0.2, -0.15) is 11.8 Å². The molecule has 0 radical (unpaired) electrons. The summed E-state index contributed by atoms with van der Waals surface area (Å²) in [6.45, 7) is 4.40. The molecule has 3 heteroatoms. The van der Waals surface area contributed by atoms with Crippen LogP contribution in [-0.2, 0) is 4.74 Å². The summed E-state index contributed by atoms with van der Waals surface area (Å²) in [4.78, 5) is 0. The molecule has 17 heavy (non-hydrogen) atoms. The van der Waals surface area contributed by atoms with Gasteiger partial charge in [0.2, 0.25) is 0 Å². The lowest BCUT2D eigenvalue weighted by Gasteiger charge is -2.36. The highest BCUT2D eigenvalue weighted by Gasteiger charge is 2.31. The van der Waals surface area contributed by atoms with Crippen molar-refractivity contribution in [3.05, 3.63) is 0 Å². The van der Waals surface area contributed by atoms with Gasteiger partial charge in [-0.3, -0.25) is 0 Å². The van der Waals surface area contributed by atoms with Crippen molar-refractivity contribution >= 4 is 11.8 Å². The summed E-state index contributed by atoms with van der Waals surface area (Å²) >= 11 is 2.07. The molecule has 0 spiro atoms. The topological polar surface area (TPSA) is 21.3 Å². The normalized spacial score (nSPS) is 32.8. The minimum absolute atomic E-state index is 0.465. The van der Waals surface area contributed by atoms with Crippen LogP contribution in [0.15, 0.2) is 0 Å². The number of nitrogens with one attached hydrogen (secondary N) is 1. The molecule has 1 N–H and O–H groups in total. The Balaban J connectivity index is 1.69. The number of thioether (sulfide) groups is 1. The van der Waals surface area contributed by atoms with E-state index in [0.29, 0.717) is 17.0 Å². The SMILES string of the molecule is CSC1(CNCC2CCC(C)O2)CCCCC1. The average molecular weight is 257 g/mol. The van der Waals surface area contributed by atoms with E-state index in [1.807, 2.05) is 0 Å². The molecule has 0 aromatic rings. The third-order valence-electron chi connectivity index (χ3n) is 4.34. The highest BCUT2D eigenvalue weighted by Crippen LogP contribution is 2.37. The molecule has 1 aliphatic heterocycles. The summed E-state index contributed by atoms with van der Waals surface area (Å²) in [5.74, 6) is 0. The lowest BCUT2D eigenvalue weighted by Crippen LogP contribution is -2.41. The largest absolute Gasteiger partial charge is 0.374 e. The van der Waals surface area contributed by atoms with Crippen molar-refractivity contribution in [1.29, 1.82) is 0 Å². The molecular formula is C14H27NOS. The molecule has 0 amide bonds. The van der Waals surface area contributed by atoms with Crippen LogP contribution in [0.1, 0.15) is 51.9 Å². The van der Waals surface area contributed by atoms with Gasteiger partial charge in [-0.05, 0) is 38.9 Å². The van der Waals surface area contributed by atoms with Crippen molar-refractivity contribution in [3.8, 4) is 0 Å². The maximum absolute atomic E-state index is 5.85. The van der Waals surface area contributed by atoms with Gasteiger partial charge in [0.05, 0.1) is 12.2 Å². The summed E-state index contributed by atoms with van der Waals surface area (Å²) < 4.78 is 6.36. The molecule has 2 nitrogen and oxygen atoms in total. The molecule has 2 unspecified atom stereocenters. The zero-order chi connectivity index (χ0) is 12.1. The van der Waals surface area contributed by atoms with E-state index < -0.39 is 0 Å². The molecule has 2 fully saturated rings. The highest BCUT2D eigenvalue weighted by molar-refractivity contribution is 8.00. The fourth-order valence-electron chi connectivity index (χ4n) is 3.15. The Labute approximate surface area is 110 Å². The number of hydrogen-bond donors (Lipinski definition) is 1. The number of ether oxygens (including phenoxy) is 1. The summed E-state index contributed by atoms with van der Waals surface area (Å²) in [7, 11) is 0. The third kappa shape index (κ3) is 3.87. The first kappa shape index (κ1) is 13.7. The maximum Gasteiger partial charge on any atom is 0.0704 e. The van der Waals surface area contributed by atoms with Crippen molar-refractivity contribution in [2.75, 3.05) is 19.3 Å². The molecule has 1 heterocycles. The predicted molar refractivity (Wildman–Crippen MR) is 75.8 cm³/mol. The molecule has 0 bridgehead atoms. The first-order valence-electron chi connectivity index (χ1n) is 7.15. The van der Waals surface area contributed by atoms with Crippen LogP contribution in [0.2, 0.25) is 0 Å². The Hall–Kier alpha value is 0.270. The van der Waals surface area contributed by atoms with Gasteiger partial charge in [-0.25, -0.2) is 0 Å². The monoisotopic (exact) mass is 257 g/mol. The Morgan fingerprint density at radius 2 is 2.00 bits per heavy atom. The van der Waals surface area contributed by atoms with Crippen LogP contribution in [0.25, 0.3) is 0 Å². The van der Waals surface area contributed by atoms with Crippen molar-refractivity contribution in [3.63, 3.8) is 0 Å². The molecule has 0 aromatic carbocycles. The van der Waals surface area contributed by atoms with Crippen molar-refractivity contribution < 1.29 is 4.74 Å². The van der Waals surface area contributed by atoms with Crippen LogP contribution < -0.4 is 5.32 Å². The van der Waals surface area contributed by atoms with E-state index in [-0.39, 0.29) is 0 Å². The van der Waals surface area contributed by atoms with Crippen molar-refractivity contribution in [2.24, 2.45) is 0 Å². The first-order valence-corrected chi connectivity index (χ1v) is 8.38. The van der Waals surface area contributed by atoms with E-state index in [2.05, 4.69) is 30.3 Å². The Kier molecular flexibility index (Phi) is 5.19. The molecule has 1 saturated heterocycles. The fraction of sp³-hybridized carbons (Fsp3) is 1.00. The molecule has 1 saturated carbocycles. The molecule has 2 rings (SSSR count). The average Bonchev–Trinajstić information content (AvgIpc) is 2.76. The second kappa shape index (κ2) is 6.44. The standard InChI is InChI=1S/C14H27NOS/c1-12-6-7-13(16-12)10-15-11-14(17-2)8-4-3-5-9-14/h12-13,15H,3-11H2,1-2H3. The van der Waals surface area contributed by atoms with E-state index in [9.17, 15) is 0 Å². The van der Waals surface area contributed by atoms with Crippen LogP contribution in [-0.4, -0.2) is 36.3 Å². The van der Waals surface area contributed by atoms with Gasteiger partial charge >= 0.3 is 0 Å². The van der Waals surface area contributed by atoms with E-state index in [4.69, 9.17) is 4.74 Å². The van der Waals surface area contributed by atoms with Gasteiger partial charge in [-0.15, -0.1) is 0 Å². The van der Waals surface area contributed by atoms with Gasteiger partial charge in [0.1, 0.15) is 0 Å². The maximum atomic E-state index is 5.85. The quantitative estimate of drug-likeness (QED) is 0.817. The summed E-state index contributed by atoms with van der Waals surface area (Å²) in [5, 5.41) is 3.66. The van der Waals surface area contributed by atoms with Crippen LogP contribution in [0.5, 0.6) is 0 Å². The smallest absolute Gasteiger partial charge is 0.0704 e. The Morgan fingerprint density at radius 1 is 1.24 bits per heavy atom. The lowest BCUT2D eigenvalue weighted by atomic mass is 9.88. The molecule has 0 aromatic heterocycles. The zero-order valence-electron chi connectivity index (χ0n) is 11.3. The second-order valence-electron chi connectivity index (χ2n) is 5.72. The van der Waals surface area contributed by atoms with Crippen molar-refractivity contribution in [2.45, 2.75) is 68.8 Å². The minimum Gasteiger partial charge on any atom is -0.374 e. The van der Waals surface area contributed by atoms with Gasteiger partial charge in [0.25, 0.3) is 0 Å².